The minimum atomic E-state index is -1.93. The van der Waals surface area contributed by atoms with E-state index >= 15 is 0 Å². The molecule has 16 heteroatoms. The Morgan fingerprint density at radius 2 is 0.882 bits per heavy atom. The SMILES string of the molecule is OCC1O[C@@H](OCC2O[C@@H](OC3C(O)[C@@H](O)C(O)C(O)[C@H]3O)C(O)C(O)[C@H]2O)C(O)C(O)[C@H]1O. The van der Waals surface area contributed by atoms with Crippen molar-refractivity contribution in [2.75, 3.05) is 13.2 Å². The second-order valence-electron chi connectivity index (χ2n) is 8.60. The van der Waals surface area contributed by atoms with Gasteiger partial charge in [0, 0.05) is 0 Å². The number of ether oxygens (including phenoxy) is 4. The third kappa shape index (κ3) is 5.23. The fourth-order valence-electron chi connectivity index (χ4n) is 4.07. The summed E-state index contributed by atoms with van der Waals surface area (Å²) >= 11 is 0. The fraction of sp³-hybridized carbons (Fsp3) is 1.00. The van der Waals surface area contributed by atoms with Gasteiger partial charge in [0.2, 0.25) is 0 Å². The molecule has 16 nitrogen and oxygen atoms in total. The van der Waals surface area contributed by atoms with Gasteiger partial charge >= 0.3 is 0 Å². The van der Waals surface area contributed by atoms with E-state index in [-0.39, 0.29) is 0 Å². The first-order chi connectivity index (χ1) is 15.9. The molecule has 1 saturated carbocycles. The smallest absolute Gasteiger partial charge is 0.187 e. The van der Waals surface area contributed by atoms with E-state index in [1.165, 1.54) is 0 Å². The second-order valence-corrected chi connectivity index (χ2v) is 8.60. The molecule has 0 aromatic rings. The average Bonchev–Trinajstić information content (AvgIpc) is 2.82. The maximum absolute atomic E-state index is 10.2. The van der Waals surface area contributed by atoms with E-state index in [1.54, 1.807) is 0 Å². The first-order valence-corrected chi connectivity index (χ1v) is 10.6. The van der Waals surface area contributed by atoms with Gasteiger partial charge in [-0.05, 0) is 0 Å². The lowest BCUT2D eigenvalue weighted by Gasteiger charge is -2.46. The minimum absolute atomic E-state index is 0.646. The van der Waals surface area contributed by atoms with Gasteiger partial charge in [0.1, 0.15) is 85.5 Å². The zero-order valence-corrected chi connectivity index (χ0v) is 17.7. The van der Waals surface area contributed by atoms with Gasteiger partial charge in [-0.15, -0.1) is 0 Å². The summed E-state index contributed by atoms with van der Waals surface area (Å²) in [6, 6.07) is 0. The van der Waals surface area contributed by atoms with Gasteiger partial charge in [-0.2, -0.15) is 0 Å². The molecule has 0 amide bonds. The molecule has 16 atom stereocenters. The van der Waals surface area contributed by atoms with E-state index in [9.17, 15) is 61.3 Å². The van der Waals surface area contributed by atoms with Crippen molar-refractivity contribution in [3.8, 4) is 0 Å². The van der Waals surface area contributed by atoms with Gasteiger partial charge < -0.3 is 80.2 Å². The highest BCUT2D eigenvalue weighted by Gasteiger charge is 2.53. The van der Waals surface area contributed by atoms with Crippen LogP contribution in [0.1, 0.15) is 0 Å². The summed E-state index contributed by atoms with van der Waals surface area (Å²) in [6.07, 6.45) is -28.3. The summed E-state index contributed by atoms with van der Waals surface area (Å²) in [5, 5.41) is 119. The van der Waals surface area contributed by atoms with Crippen molar-refractivity contribution < 1.29 is 80.2 Å². The lowest BCUT2D eigenvalue weighted by molar-refractivity contribution is -0.351. The fourth-order valence-corrected chi connectivity index (χ4v) is 4.07. The molecule has 0 aromatic carbocycles. The van der Waals surface area contributed by atoms with Crippen molar-refractivity contribution >= 4 is 0 Å². The summed E-state index contributed by atoms with van der Waals surface area (Å²) in [5.41, 5.74) is 0. The first kappa shape index (κ1) is 27.9. The normalized spacial score (nSPS) is 54.7. The van der Waals surface area contributed by atoms with Gasteiger partial charge in [-0.25, -0.2) is 0 Å². The van der Waals surface area contributed by atoms with Gasteiger partial charge in [0.25, 0.3) is 0 Å². The Labute approximate surface area is 192 Å². The molecular weight excluding hydrogens is 472 g/mol. The van der Waals surface area contributed by atoms with E-state index in [1.807, 2.05) is 0 Å². The summed E-state index contributed by atoms with van der Waals surface area (Å²) in [5.74, 6) is 0. The van der Waals surface area contributed by atoms with Crippen molar-refractivity contribution in [1.82, 2.24) is 0 Å². The third-order valence-corrected chi connectivity index (χ3v) is 6.31. The Balaban J connectivity index is 1.67. The molecule has 0 bridgehead atoms. The summed E-state index contributed by atoms with van der Waals surface area (Å²) in [7, 11) is 0. The van der Waals surface area contributed by atoms with Crippen LogP contribution in [0.2, 0.25) is 0 Å². The summed E-state index contributed by atoms with van der Waals surface area (Å²) in [4.78, 5) is 0. The molecule has 12 N–H and O–H groups in total. The van der Waals surface area contributed by atoms with E-state index in [2.05, 4.69) is 0 Å². The molecule has 2 aliphatic heterocycles. The number of aliphatic hydroxyl groups is 12. The van der Waals surface area contributed by atoms with E-state index in [4.69, 9.17) is 18.9 Å². The molecule has 3 rings (SSSR count). The van der Waals surface area contributed by atoms with Crippen LogP contribution in [0.5, 0.6) is 0 Å². The number of aliphatic hydroxyl groups excluding tert-OH is 12. The van der Waals surface area contributed by atoms with Crippen molar-refractivity contribution in [2.45, 2.75) is 98.0 Å². The largest absolute Gasteiger partial charge is 0.394 e. The van der Waals surface area contributed by atoms with Crippen molar-refractivity contribution in [1.29, 1.82) is 0 Å². The van der Waals surface area contributed by atoms with Crippen LogP contribution in [0.4, 0.5) is 0 Å². The predicted octanol–water partition coefficient (Wildman–Crippen LogP) is -8.19. The molecular formula is C18H32O16. The Morgan fingerprint density at radius 3 is 1.41 bits per heavy atom. The molecule has 34 heavy (non-hydrogen) atoms. The molecule has 2 heterocycles. The van der Waals surface area contributed by atoms with Crippen LogP contribution >= 0.6 is 0 Å². The number of hydrogen-bond donors (Lipinski definition) is 12. The highest BCUT2D eigenvalue weighted by molar-refractivity contribution is 5.00. The maximum Gasteiger partial charge on any atom is 0.187 e. The van der Waals surface area contributed by atoms with Crippen LogP contribution in [-0.2, 0) is 18.9 Å². The van der Waals surface area contributed by atoms with Crippen LogP contribution in [-0.4, -0.2) is 173 Å². The monoisotopic (exact) mass is 504 g/mol. The lowest BCUT2D eigenvalue weighted by Crippen LogP contribution is -2.67. The van der Waals surface area contributed by atoms with Crippen LogP contribution < -0.4 is 0 Å². The molecule has 3 fully saturated rings. The first-order valence-electron chi connectivity index (χ1n) is 10.6. The second kappa shape index (κ2) is 11.2. The topological polar surface area (TPSA) is 280 Å². The minimum Gasteiger partial charge on any atom is -0.394 e. The van der Waals surface area contributed by atoms with E-state index in [0.717, 1.165) is 0 Å². The molecule has 1 aliphatic carbocycles. The Bertz CT molecular complexity index is 637. The maximum atomic E-state index is 10.2. The quantitative estimate of drug-likeness (QED) is 0.160. The molecule has 200 valence electrons. The van der Waals surface area contributed by atoms with Crippen molar-refractivity contribution in [3.63, 3.8) is 0 Å². The van der Waals surface area contributed by atoms with Gasteiger partial charge in [0.15, 0.2) is 12.6 Å². The highest BCUT2D eigenvalue weighted by Crippen LogP contribution is 2.30. The summed E-state index contributed by atoms with van der Waals surface area (Å²) in [6.45, 7) is -1.36. The predicted molar refractivity (Wildman–Crippen MR) is 101 cm³/mol. The molecule has 3 aliphatic rings. The Hall–Kier alpha value is -0.640. The molecule has 2 saturated heterocycles. The molecule has 0 aromatic heterocycles. The van der Waals surface area contributed by atoms with Crippen LogP contribution in [0, 0.1) is 0 Å². The zero-order valence-electron chi connectivity index (χ0n) is 17.7. The van der Waals surface area contributed by atoms with Gasteiger partial charge in [-0.3, -0.25) is 0 Å². The Kier molecular flexibility index (Phi) is 9.18. The lowest BCUT2D eigenvalue weighted by atomic mass is 9.84. The van der Waals surface area contributed by atoms with E-state index in [0.29, 0.717) is 0 Å². The standard InChI is InChI=1S/C18H32O16/c19-1-3-5(20)7(22)14(29)17(32-3)31-2-4-6(21)8(23)15(30)18(33-4)34-16-12(27)10(25)9(24)11(26)13(16)28/h3-30H,1-2H2/t3?,4?,5-,6-,7?,8?,9?,10-,11?,12?,13+,14?,15?,16?,17+,18-/m0/s1. The molecule has 0 radical (unpaired) electrons. The number of rotatable bonds is 6. The Morgan fingerprint density at radius 1 is 0.471 bits per heavy atom. The van der Waals surface area contributed by atoms with Crippen molar-refractivity contribution in [2.24, 2.45) is 0 Å². The van der Waals surface area contributed by atoms with E-state index < -0.39 is 111 Å². The zero-order chi connectivity index (χ0) is 25.5. The van der Waals surface area contributed by atoms with Crippen LogP contribution in [0.3, 0.4) is 0 Å². The molecule has 0 spiro atoms. The highest BCUT2D eigenvalue weighted by atomic mass is 16.7. The third-order valence-electron chi connectivity index (χ3n) is 6.31. The summed E-state index contributed by atoms with van der Waals surface area (Å²) < 4.78 is 21.0. The van der Waals surface area contributed by atoms with Crippen LogP contribution in [0.25, 0.3) is 0 Å². The van der Waals surface area contributed by atoms with Gasteiger partial charge in [0.05, 0.1) is 13.2 Å². The van der Waals surface area contributed by atoms with Crippen molar-refractivity contribution in [3.05, 3.63) is 0 Å². The molecule has 10 unspecified atom stereocenters. The average molecular weight is 504 g/mol. The van der Waals surface area contributed by atoms with Gasteiger partial charge in [-0.1, -0.05) is 0 Å². The van der Waals surface area contributed by atoms with Crippen LogP contribution in [0.15, 0.2) is 0 Å². The number of hydrogen-bond acceptors (Lipinski definition) is 16.